The molecule has 7 nitrogen and oxygen atoms in total. The summed E-state index contributed by atoms with van der Waals surface area (Å²) < 4.78 is 20.3. The zero-order chi connectivity index (χ0) is 23.8. The summed E-state index contributed by atoms with van der Waals surface area (Å²) in [5.74, 6) is -1.09. The number of benzene rings is 2. The fourth-order valence-corrected chi connectivity index (χ4v) is 3.78. The van der Waals surface area contributed by atoms with Gasteiger partial charge in [0, 0.05) is 51.6 Å². The summed E-state index contributed by atoms with van der Waals surface area (Å²) in [4.78, 5) is 24.2. The number of halogens is 1. The molecule has 0 heterocycles. The number of rotatable bonds is 10. The van der Waals surface area contributed by atoms with Gasteiger partial charge in [-0.2, -0.15) is 0 Å². The van der Waals surface area contributed by atoms with Gasteiger partial charge in [-0.1, -0.05) is 26.3 Å². The van der Waals surface area contributed by atoms with E-state index >= 15 is 0 Å². The summed E-state index contributed by atoms with van der Waals surface area (Å²) in [5, 5.41) is 8.63. The molecule has 35 heavy (non-hydrogen) atoms. The monoisotopic (exact) mass is 526 g/mol. The van der Waals surface area contributed by atoms with Crippen molar-refractivity contribution in [3.63, 3.8) is 0 Å². The van der Waals surface area contributed by atoms with Crippen molar-refractivity contribution in [3.8, 4) is 5.75 Å². The number of amides is 2. The fourth-order valence-electron chi connectivity index (χ4n) is 3.78. The van der Waals surface area contributed by atoms with E-state index in [0.717, 1.165) is 32.1 Å². The van der Waals surface area contributed by atoms with Gasteiger partial charge < -0.3 is 33.8 Å². The first kappa shape index (κ1) is 30.1. The molecule has 2 aromatic rings. The van der Waals surface area contributed by atoms with Gasteiger partial charge in [0.15, 0.2) is 11.6 Å². The molecule has 0 unspecified atom stereocenters. The largest absolute Gasteiger partial charge is 0.491 e. The molecule has 1 radical (unpaired) electrons. The quantitative estimate of drug-likeness (QED) is 0.177. The molecule has 1 aliphatic rings. The van der Waals surface area contributed by atoms with E-state index in [0.29, 0.717) is 18.0 Å². The van der Waals surface area contributed by atoms with Crippen LogP contribution in [0, 0.1) is 13.2 Å². The Morgan fingerprint density at radius 3 is 2.29 bits per heavy atom. The molecule has 1 saturated carbocycles. The third-order valence-corrected chi connectivity index (χ3v) is 5.41. The Hall–Kier alpha value is -2.97. The smallest absolute Gasteiger partial charge is 0.233 e. The minimum atomic E-state index is -0.569. The average molecular weight is 527 g/mol. The Kier molecular flexibility index (Phi) is 12.4. The summed E-state index contributed by atoms with van der Waals surface area (Å²) >= 11 is 0. The Labute approximate surface area is 223 Å². The molecule has 5 N–H and O–H groups in total. The Balaban J connectivity index is -0.00000245. The van der Waals surface area contributed by atoms with E-state index in [1.165, 1.54) is 6.07 Å². The molecule has 0 atom stereocenters. The standard InChI is InChI=1S/C25H31FN4O3.CH3.V.3H2/c1-3-14-33-21-13-12-20(27)24(25(21)26)16(2)28-18-8-10-19(11-9-18)30-23(32)15-22(31)29-17-6-4-5-7-17;;;;;/h8-13,17,28H,2-7,14-15,27H2,1H3,(H,29,31)(H,30,32);1H3;;3*1H/q;-1;;;;. The van der Waals surface area contributed by atoms with Gasteiger partial charge in [-0.15, -0.1) is 0 Å². The van der Waals surface area contributed by atoms with Crippen LogP contribution >= 0.6 is 0 Å². The number of anilines is 3. The van der Waals surface area contributed by atoms with Gasteiger partial charge in [0.05, 0.1) is 12.2 Å². The van der Waals surface area contributed by atoms with Crippen molar-refractivity contribution in [2.24, 2.45) is 0 Å². The van der Waals surface area contributed by atoms with E-state index in [9.17, 15) is 14.0 Å². The van der Waals surface area contributed by atoms with Gasteiger partial charge in [0.1, 0.15) is 6.42 Å². The third-order valence-electron chi connectivity index (χ3n) is 5.41. The molecular weight excluding hydrogens is 486 g/mol. The molecule has 1 fully saturated rings. The topological polar surface area (TPSA) is 105 Å². The molecule has 9 heteroatoms. The van der Waals surface area contributed by atoms with Crippen molar-refractivity contribution < 1.29 is 41.6 Å². The second kappa shape index (κ2) is 14.4. The molecule has 0 aliphatic heterocycles. The van der Waals surface area contributed by atoms with Crippen LogP contribution in [0.15, 0.2) is 43.0 Å². The fraction of sp³-hybridized carbons (Fsp3) is 0.346. The second-order valence-corrected chi connectivity index (χ2v) is 8.15. The first-order valence-electron chi connectivity index (χ1n) is 11.2. The van der Waals surface area contributed by atoms with Crippen LogP contribution in [-0.2, 0) is 28.1 Å². The van der Waals surface area contributed by atoms with Gasteiger partial charge in [-0.25, -0.2) is 4.39 Å². The molecule has 3 rings (SSSR count). The van der Waals surface area contributed by atoms with E-state index < -0.39 is 5.82 Å². The number of ether oxygens (including phenoxy) is 1. The second-order valence-electron chi connectivity index (χ2n) is 8.15. The van der Waals surface area contributed by atoms with E-state index in [1.807, 2.05) is 6.92 Å². The van der Waals surface area contributed by atoms with Crippen LogP contribution < -0.4 is 26.4 Å². The minimum absolute atomic E-state index is 0. The van der Waals surface area contributed by atoms with Crippen molar-refractivity contribution in [2.45, 2.75) is 51.5 Å². The zero-order valence-corrected chi connectivity index (χ0v) is 21.7. The number of hydrogen-bond donors (Lipinski definition) is 4. The van der Waals surface area contributed by atoms with Gasteiger partial charge in [-0.3, -0.25) is 9.59 Å². The van der Waals surface area contributed by atoms with Crippen LogP contribution in [-0.4, -0.2) is 24.5 Å². The summed E-state index contributed by atoms with van der Waals surface area (Å²) in [6.45, 7) is 6.24. The molecule has 0 aromatic heterocycles. The SMILES string of the molecule is C=C(Nc1ccc(NC(=O)CC(=O)NC2CCCC2)cc1)c1c(N)ccc(OCCC)c1F.[CH3-].[HH].[HH].[HH].[V]. The van der Waals surface area contributed by atoms with Crippen molar-refractivity contribution in [1.82, 2.24) is 5.32 Å². The van der Waals surface area contributed by atoms with E-state index in [2.05, 4.69) is 22.5 Å². The first-order valence-corrected chi connectivity index (χ1v) is 11.2. The molecule has 2 amide bonds. The summed E-state index contributed by atoms with van der Waals surface area (Å²) in [5.41, 5.74) is 7.82. The molecule has 0 saturated heterocycles. The maximum atomic E-state index is 14.9. The number of hydrogen-bond acceptors (Lipinski definition) is 5. The van der Waals surface area contributed by atoms with Crippen molar-refractivity contribution in [1.29, 1.82) is 0 Å². The number of carbonyl (C=O) groups is 2. The van der Waals surface area contributed by atoms with Gasteiger partial charge in [0.2, 0.25) is 11.8 Å². The van der Waals surface area contributed by atoms with Crippen LogP contribution in [0.25, 0.3) is 5.70 Å². The van der Waals surface area contributed by atoms with Crippen LogP contribution in [0.4, 0.5) is 21.5 Å². The summed E-state index contributed by atoms with van der Waals surface area (Å²) in [7, 11) is 0. The predicted octanol–water partition coefficient (Wildman–Crippen LogP) is 5.85. The predicted molar refractivity (Wildman–Crippen MR) is 142 cm³/mol. The number of carbonyl (C=O) groups excluding carboxylic acids is 2. The number of nitrogens with one attached hydrogen (secondary N) is 3. The van der Waals surface area contributed by atoms with Crippen molar-refractivity contribution in [2.75, 3.05) is 23.0 Å². The first-order chi connectivity index (χ1) is 15.9. The zero-order valence-electron chi connectivity index (χ0n) is 20.3. The van der Waals surface area contributed by atoms with Crippen LogP contribution in [0.2, 0.25) is 0 Å². The van der Waals surface area contributed by atoms with Crippen molar-refractivity contribution >= 4 is 34.6 Å². The van der Waals surface area contributed by atoms with E-state index in [-0.39, 0.29) is 77.2 Å². The number of nitrogen functional groups attached to an aromatic ring is 1. The van der Waals surface area contributed by atoms with E-state index in [4.69, 9.17) is 10.5 Å². The third kappa shape index (κ3) is 8.64. The Morgan fingerprint density at radius 1 is 1.09 bits per heavy atom. The molecular formula is C26H40FN4O3V-. The summed E-state index contributed by atoms with van der Waals surface area (Å²) in [6, 6.07) is 10.1. The van der Waals surface area contributed by atoms with Crippen LogP contribution in [0.5, 0.6) is 5.75 Å². The van der Waals surface area contributed by atoms with Gasteiger partial charge >= 0.3 is 0 Å². The number of nitrogens with two attached hydrogens (primary N) is 1. The molecule has 2 aromatic carbocycles. The molecule has 0 bridgehead atoms. The van der Waals surface area contributed by atoms with Crippen molar-refractivity contribution in [3.05, 3.63) is 61.8 Å². The van der Waals surface area contributed by atoms with Crippen LogP contribution in [0.3, 0.4) is 0 Å². The maximum absolute atomic E-state index is 14.9. The maximum Gasteiger partial charge on any atom is 0.233 e. The average Bonchev–Trinajstić information content (AvgIpc) is 3.27. The molecule has 1 aliphatic carbocycles. The minimum Gasteiger partial charge on any atom is -0.491 e. The summed E-state index contributed by atoms with van der Waals surface area (Å²) in [6.07, 6.45) is 4.70. The Bertz CT molecular complexity index is 1020. The Morgan fingerprint density at radius 2 is 1.69 bits per heavy atom. The molecule has 195 valence electrons. The molecule has 0 spiro atoms. The van der Waals surface area contributed by atoms with E-state index in [1.54, 1.807) is 30.3 Å². The van der Waals surface area contributed by atoms with Crippen LogP contribution in [0.1, 0.15) is 55.3 Å². The normalized spacial score (nSPS) is 12.6. The van der Waals surface area contributed by atoms with Gasteiger partial charge in [-0.05, 0) is 55.7 Å². The van der Waals surface area contributed by atoms with Gasteiger partial charge in [0.25, 0.3) is 0 Å².